The van der Waals surface area contributed by atoms with Gasteiger partial charge in [-0.25, -0.2) is 4.98 Å². The van der Waals surface area contributed by atoms with Crippen molar-refractivity contribution >= 4 is 17.7 Å². The average Bonchev–Trinajstić information content (AvgIpc) is 3.22. The lowest BCUT2D eigenvalue weighted by Crippen LogP contribution is -2.48. The molecule has 174 valence electrons. The highest BCUT2D eigenvalue weighted by Gasteiger charge is 2.28. The van der Waals surface area contributed by atoms with E-state index in [1.165, 1.54) is 22.9 Å². The molecule has 0 saturated carbocycles. The zero-order valence-electron chi connectivity index (χ0n) is 19.8. The quantitative estimate of drug-likeness (QED) is 0.617. The Morgan fingerprint density at radius 2 is 1.88 bits per heavy atom. The highest BCUT2D eigenvalue weighted by atomic mass is 32.2. The monoisotopic (exact) mass is 456 g/mol. The second-order valence-corrected chi connectivity index (χ2v) is 10.3. The first-order chi connectivity index (χ1) is 15.4. The first kappa shape index (κ1) is 23.3. The van der Waals surface area contributed by atoms with E-state index in [-0.39, 0.29) is 5.91 Å². The minimum absolute atomic E-state index is 0.220. The Balaban J connectivity index is 1.27. The van der Waals surface area contributed by atoms with E-state index in [2.05, 4.69) is 60.3 Å². The van der Waals surface area contributed by atoms with Gasteiger partial charge in [-0.05, 0) is 63.6 Å². The van der Waals surface area contributed by atoms with Gasteiger partial charge in [0, 0.05) is 45.1 Å². The first-order valence-corrected chi connectivity index (χ1v) is 12.8. The number of benzene rings is 1. The lowest BCUT2D eigenvalue weighted by Gasteiger charge is -2.39. The number of rotatable bonds is 6. The minimum atomic E-state index is 0.220. The standard InChI is InChI=1S/C25H36N4O2S/c1-18-6-5-7-23(21(18)4)29-13-10-26-25(29)32-17-24(30)28-11-8-22(9-12-28)16-27-14-19(2)31-20(3)15-27/h5-7,10,13,19-20,22H,8-9,11-12,14-17H2,1-4H3. The number of hydrogen-bond acceptors (Lipinski definition) is 5. The SMILES string of the molecule is Cc1cccc(-n2ccnc2SCC(=O)N2CCC(CN3CC(C)OC(C)C3)CC2)c1C. The number of piperidine rings is 1. The Hall–Kier alpha value is -1.83. The maximum Gasteiger partial charge on any atom is 0.233 e. The molecule has 1 aromatic carbocycles. The van der Waals surface area contributed by atoms with Crippen molar-refractivity contribution in [3.63, 3.8) is 0 Å². The van der Waals surface area contributed by atoms with Crippen LogP contribution in [0.25, 0.3) is 5.69 Å². The Kier molecular flexibility index (Phi) is 7.59. The second-order valence-electron chi connectivity index (χ2n) is 9.39. The van der Waals surface area contributed by atoms with Crippen LogP contribution in [0.1, 0.15) is 37.8 Å². The molecule has 0 N–H and O–H groups in total. The Labute approximate surface area is 196 Å². The molecular weight excluding hydrogens is 420 g/mol. The largest absolute Gasteiger partial charge is 0.373 e. The summed E-state index contributed by atoms with van der Waals surface area (Å²) in [5.74, 6) is 1.33. The molecule has 6 nitrogen and oxygen atoms in total. The van der Waals surface area contributed by atoms with Crippen molar-refractivity contribution in [2.75, 3.05) is 38.5 Å². The van der Waals surface area contributed by atoms with Crippen molar-refractivity contribution in [1.82, 2.24) is 19.4 Å². The maximum absolute atomic E-state index is 12.9. The molecule has 0 radical (unpaired) electrons. The summed E-state index contributed by atoms with van der Waals surface area (Å²) in [5.41, 5.74) is 3.63. The molecule has 1 aromatic heterocycles. The molecule has 2 atom stereocenters. The van der Waals surface area contributed by atoms with Gasteiger partial charge in [0.1, 0.15) is 0 Å². The van der Waals surface area contributed by atoms with Crippen molar-refractivity contribution in [3.8, 4) is 5.69 Å². The number of aromatic nitrogens is 2. The molecule has 2 aromatic rings. The van der Waals surface area contributed by atoms with Crippen LogP contribution in [-0.4, -0.2) is 75.9 Å². The zero-order valence-corrected chi connectivity index (χ0v) is 20.6. The van der Waals surface area contributed by atoms with Crippen LogP contribution in [0.4, 0.5) is 0 Å². The number of aryl methyl sites for hydroxylation is 1. The minimum Gasteiger partial charge on any atom is -0.373 e. The lowest BCUT2D eigenvalue weighted by molar-refractivity contribution is -0.130. The number of amides is 1. The normalized spacial score (nSPS) is 22.9. The summed E-state index contributed by atoms with van der Waals surface area (Å²) in [6.45, 7) is 13.5. The van der Waals surface area contributed by atoms with Crippen LogP contribution in [0.3, 0.4) is 0 Å². The van der Waals surface area contributed by atoms with Crippen LogP contribution >= 0.6 is 11.8 Å². The maximum atomic E-state index is 12.9. The highest BCUT2D eigenvalue weighted by molar-refractivity contribution is 7.99. The van der Waals surface area contributed by atoms with Crippen LogP contribution in [0.5, 0.6) is 0 Å². The number of carbonyl (C=O) groups is 1. The van der Waals surface area contributed by atoms with Crippen molar-refractivity contribution in [2.24, 2.45) is 5.92 Å². The van der Waals surface area contributed by atoms with E-state index in [1.54, 1.807) is 0 Å². The third kappa shape index (κ3) is 5.56. The Morgan fingerprint density at radius 3 is 2.59 bits per heavy atom. The lowest BCUT2D eigenvalue weighted by atomic mass is 9.95. The fourth-order valence-corrected chi connectivity index (χ4v) is 5.83. The van der Waals surface area contributed by atoms with Gasteiger partial charge in [-0.15, -0.1) is 0 Å². The number of hydrogen-bond donors (Lipinski definition) is 0. The molecule has 7 heteroatoms. The smallest absolute Gasteiger partial charge is 0.233 e. The fourth-order valence-electron chi connectivity index (χ4n) is 4.96. The van der Waals surface area contributed by atoms with Crippen LogP contribution in [0.15, 0.2) is 35.7 Å². The van der Waals surface area contributed by atoms with E-state index < -0.39 is 0 Å². The molecule has 1 amide bonds. The van der Waals surface area contributed by atoms with Gasteiger partial charge >= 0.3 is 0 Å². The Morgan fingerprint density at radius 1 is 1.16 bits per heavy atom. The molecular formula is C25H36N4O2S. The summed E-state index contributed by atoms with van der Waals surface area (Å²) < 4.78 is 7.95. The van der Waals surface area contributed by atoms with Crippen molar-refractivity contribution in [1.29, 1.82) is 0 Å². The molecule has 3 heterocycles. The highest BCUT2D eigenvalue weighted by Crippen LogP contribution is 2.26. The van der Waals surface area contributed by atoms with E-state index >= 15 is 0 Å². The molecule has 2 unspecified atom stereocenters. The number of carbonyl (C=O) groups excluding carboxylic acids is 1. The predicted octanol–water partition coefficient (Wildman–Crippen LogP) is 3.93. The van der Waals surface area contributed by atoms with E-state index in [0.29, 0.717) is 23.9 Å². The summed E-state index contributed by atoms with van der Waals surface area (Å²) in [6, 6.07) is 6.30. The van der Waals surface area contributed by atoms with Gasteiger partial charge in [0.25, 0.3) is 0 Å². The van der Waals surface area contributed by atoms with E-state index in [0.717, 1.165) is 56.4 Å². The molecule has 0 spiro atoms. The molecule has 2 fully saturated rings. The van der Waals surface area contributed by atoms with Crippen LogP contribution in [-0.2, 0) is 9.53 Å². The molecule has 2 aliphatic heterocycles. The van der Waals surface area contributed by atoms with Crippen LogP contribution in [0.2, 0.25) is 0 Å². The van der Waals surface area contributed by atoms with Gasteiger partial charge < -0.3 is 9.64 Å². The van der Waals surface area contributed by atoms with E-state index in [4.69, 9.17) is 4.74 Å². The second kappa shape index (κ2) is 10.4. The summed E-state index contributed by atoms with van der Waals surface area (Å²) in [5, 5.41) is 0.873. The molecule has 0 bridgehead atoms. The predicted molar refractivity (Wildman–Crippen MR) is 130 cm³/mol. The van der Waals surface area contributed by atoms with Gasteiger partial charge in [0.05, 0.1) is 23.6 Å². The van der Waals surface area contributed by atoms with Gasteiger partial charge in [0.2, 0.25) is 5.91 Å². The van der Waals surface area contributed by atoms with E-state index in [9.17, 15) is 4.79 Å². The molecule has 4 rings (SSSR count). The first-order valence-electron chi connectivity index (χ1n) is 11.8. The van der Waals surface area contributed by atoms with Crippen LogP contribution in [0, 0.1) is 19.8 Å². The summed E-state index contributed by atoms with van der Waals surface area (Å²) >= 11 is 1.53. The topological polar surface area (TPSA) is 50.6 Å². The number of likely N-dealkylation sites (tertiary alicyclic amines) is 1. The summed E-state index contributed by atoms with van der Waals surface area (Å²) in [6.07, 6.45) is 6.60. The van der Waals surface area contributed by atoms with Crippen molar-refractivity contribution in [3.05, 3.63) is 41.7 Å². The van der Waals surface area contributed by atoms with Gasteiger partial charge in [-0.3, -0.25) is 14.3 Å². The molecule has 2 saturated heterocycles. The number of imidazole rings is 1. The summed E-state index contributed by atoms with van der Waals surface area (Å²) in [7, 11) is 0. The van der Waals surface area contributed by atoms with Gasteiger partial charge in [0.15, 0.2) is 5.16 Å². The fraction of sp³-hybridized carbons (Fsp3) is 0.600. The zero-order chi connectivity index (χ0) is 22.7. The molecule has 0 aliphatic carbocycles. The average molecular weight is 457 g/mol. The Bertz CT molecular complexity index is 912. The van der Waals surface area contributed by atoms with Crippen LogP contribution < -0.4 is 0 Å². The number of morpholine rings is 1. The summed E-state index contributed by atoms with van der Waals surface area (Å²) in [4.78, 5) is 22.0. The van der Waals surface area contributed by atoms with Gasteiger partial charge in [-0.1, -0.05) is 23.9 Å². The van der Waals surface area contributed by atoms with Crippen molar-refractivity contribution in [2.45, 2.75) is 57.9 Å². The van der Waals surface area contributed by atoms with E-state index in [1.807, 2.05) is 17.3 Å². The third-order valence-corrected chi connectivity index (χ3v) is 7.70. The molecule has 2 aliphatic rings. The van der Waals surface area contributed by atoms with Gasteiger partial charge in [-0.2, -0.15) is 0 Å². The third-order valence-electron chi connectivity index (χ3n) is 6.75. The number of nitrogens with zero attached hydrogens (tertiary/aromatic N) is 4. The number of ether oxygens (including phenoxy) is 1. The van der Waals surface area contributed by atoms with Crippen molar-refractivity contribution < 1.29 is 9.53 Å². The molecule has 32 heavy (non-hydrogen) atoms. The number of thioether (sulfide) groups is 1.